The minimum atomic E-state index is -1.50. The van der Waals surface area contributed by atoms with Gasteiger partial charge in [-0.1, -0.05) is 31.4 Å². The zero-order valence-electron chi connectivity index (χ0n) is 21.4. The van der Waals surface area contributed by atoms with Gasteiger partial charge >= 0.3 is 0 Å². The molecule has 0 spiro atoms. The molecule has 3 saturated carbocycles. The quantitative estimate of drug-likeness (QED) is 0.324. The zero-order valence-corrected chi connectivity index (χ0v) is 21.4. The summed E-state index contributed by atoms with van der Waals surface area (Å²) in [7, 11) is 0. The Morgan fingerprint density at radius 1 is 0.676 bits per heavy atom. The zero-order chi connectivity index (χ0) is 23.8. The highest BCUT2D eigenvalue weighted by molar-refractivity contribution is 4.92. The van der Waals surface area contributed by atoms with Crippen LogP contribution in [0, 0.1) is 41.4 Å². The molecule has 1 saturated heterocycles. The van der Waals surface area contributed by atoms with E-state index in [2.05, 4.69) is 19.1 Å². The fraction of sp³-hybridized carbons (Fsp3) is 0.867. The van der Waals surface area contributed by atoms with Gasteiger partial charge in [0.2, 0.25) is 0 Å². The highest BCUT2D eigenvalue weighted by Crippen LogP contribution is 2.43. The van der Waals surface area contributed by atoms with E-state index in [0.717, 1.165) is 62.6 Å². The average Bonchev–Trinajstić information content (AvgIpc) is 2.87. The fourth-order valence-corrected chi connectivity index (χ4v) is 7.40. The van der Waals surface area contributed by atoms with Crippen LogP contribution in [0.25, 0.3) is 0 Å². The lowest BCUT2D eigenvalue weighted by Crippen LogP contribution is -2.39. The van der Waals surface area contributed by atoms with Gasteiger partial charge in [0.25, 0.3) is 6.08 Å². The molecule has 0 amide bonds. The van der Waals surface area contributed by atoms with E-state index in [4.69, 9.17) is 9.47 Å². The summed E-state index contributed by atoms with van der Waals surface area (Å²) >= 11 is 0. The Bertz CT molecular complexity index is 626. The molecule has 2 nitrogen and oxygen atoms in total. The van der Waals surface area contributed by atoms with Crippen LogP contribution in [0.15, 0.2) is 24.3 Å². The van der Waals surface area contributed by atoms with E-state index in [1.807, 2.05) is 0 Å². The molecule has 0 unspecified atom stereocenters. The number of ether oxygens (including phenoxy) is 2. The molecular weight excluding hydrogens is 430 g/mol. The topological polar surface area (TPSA) is 18.5 Å². The summed E-state index contributed by atoms with van der Waals surface area (Å²) in [5.41, 5.74) is 0. The van der Waals surface area contributed by atoms with Crippen LogP contribution < -0.4 is 0 Å². The third-order valence-electron chi connectivity index (χ3n) is 9.69. The second-order valence-corrected chi connectivity index (χ2v) is 12.0. The van der Waals surface area contributed by atoms with Crippen LogP contribution in [0.1, 0.15) is 103 Å². The van der Waals surface area contributed by atoms with Crippen molar-refractivity contribution in [2.45, 2.75) is 110 Å². The monoisotopic (exact) mass is 478 g/mol. The molecule has 0 aromatic carbocycles. The first-order valence-electron chi connectivity index (χ1n) is 14.5. The van der Waals surface area contributed by atoms with Crippen molar-refractivity contribution in [1.29, 1.82) is 0 Å². The summed E-state index contributed by atoms with van der Waals surface area (Å²) in [4.78, 5) is 0. The Hall–Kier alpha value is -0.740. The normalized spacial score (nSPS) is 39.7. The Morgan fingerprint density at radius 3 is 1.79 bits per heavy atom. The Kier molecular flexibility index (Phi) is 10.5. The average molecular weight is 479 g/mol. The van der Waals surface area contributed by atoms with Gasteiger partial charge in [0.1, 0.15) is 0 Å². The molecule has 0 aromatic heterocycles. The van der Waals surface area contributed by atoms with Gasteiger partial charge in [0.15, 0.2) is 6.29 Å². The summed E-state index contributed by atoms with van der Waals surface area (Å²) in [5.74, 6) is 4.58. The lowest BCUT2D eigenvalue weighted by molar-refractivity contribution is -0.230. The van der Waals surface area contributed by atoms with Crippen LogP contribution >= 0.6 is 0 Å². The van der Waals surface area contributed by atoms with Gasteiger partial charge in [-0.05, 0) is 120 Å². The molecule has 194 valence electrons. The predicted molar refractivity (Wildman–Crippen MR) is 134 cm³/mol. The first-order chi connectivity index (χ1) is 16.6. The van der Waals surface area contributed by atoms with Gasteiger partial charge in [-0.25, -0.2) is 0 Å². The molecule has 0 bridgehead atoms. The number of rotatable bonds is 8. The highest BCUT2D eigenvalue weighted by atomic mass is 19.3. The molecule has 3 aliphatic carbocycles. The molecule has 0 radical (unpaired) electrons. The van der Waals surface area contributed by atoms with Crippen molar-refractivity contribution in [3.8, 4) is 0 Å². The van der Waals surface area contributed by atoms with Crippen molar-refractivity contribution in [3.05, 3.63) is 24.3 Å². The maximum Gasteiger partial charge on any atom is 0.266 e. The van der Waals surface area contributed by atoms with Crippen LogP contribution in [0.5, 0.6) is 0 Å². The molecule has 0 N–H and O–H groups in total. The molecule has 4 rings (SSSR count). The van der Waals surface area contributed by atoms with Crippen LogP contribution in [0.2, 0.25) is 0 Å². The molecule has 4 fully saturated rings. The number of allylic oxidation sites excluding steroid dienone is 3. The Balaban J connectivity index is 1.08. The van der Waals surface area contributed by atoms with Gasteiger partial charge in [0, 0.05) is 11.8 Å². The summed E-state index contributed by atoms with van der Waals surface area (Å²) in [6, 6.07) is 0. The first kappa shape index (κ1) is 26.3. The number of hydrogen-bond donors (Lipinski definition) is 0. The highest BCUT2D eigenvalue weighted by Gasteiger charge is 2.36. The van der Waals surface area contributed by atoms with E-state index in [0.29, 0.717) is 11.8 Å². The van der Waals surface area contributed by atoms with E-state index in [9.17, 15) is 8.78 Å². The molecule has 1 heterocycles. The smallest absolute Gasteiger partial charge is 0.266 e. The molecule has 1 aliphatic heterocycles. The van der Waals surface area contributed by atoms with Crippen molar-refractivity contribution < 1.29 is 18.3 Å². The Labute approximate surface area is 206 Å². The molecule has 4 heteroatoms. The summed E-state index contributed by atoms with van der Waals surface area (Å²) in [6.07, 6.45) is 22.8. The molecule has 0 aromatic rings. The lowest BCUT2D eigenvalue weighted by atomic mass is 9.69. The van der Waals surface area contributed by atoms with E-state index in [1.165, 1.54) is 76.7 Å². The van der Waals surface area contributed by atoms with Crippen molar-refractivity contribution in [1.82, 2.24) is 0 Å². The van der Waals surface area contributed by atoms with Gasteiger partial charge in [-0.2, -0.15) is 8.78 Å². The third-order valence-corrected chi connectivity index (χ3v) is 9.69. The molecule has 4 aliphatic rings. The second-order valence-electron chi connectivity index (χ2n) is 12.0. The van der Waals surface area contributed by atoms with Crippen molar-refractivity contribution in [2.24, 2.45) is 41.4 Å². The predicted octanol–water partition coefficient (Wildman–Crippen LogP) is 8.92. The maximum atomic E-state index is 12.5. The second kappa shape index (κ2) is 13.5. The third kappa shape index (κ3) is 7.88. The Morgan fingerprint density at radius 2 is 1.21 bits per heavy atom. The maximum absolute atomic E-state index is 12.5. The van der Waals surface area contributed by atoms with E-state index in [-0.39, 0.29) is 12.2 Å². The summed E-state index contributed by atoms with van der Waals surface area (Å²) in [5, 5.41) is 0. The van der Waals surface area contributed by atoms with Gasteiger partial charge in [-0.3, -0.25) is 0 Å². The van der Waals surface area contributed by atoms with E-state index >= 15 is 0 Å². The van der Waals surface area contributed by atoms with E-state index in [1.54, 1.807) is 0 Å². The summed E-state index contributed by atoms with van der Waals surface area (Å²) in [6.45, 7) is 3.89. The fourth-order valence-electron chi connectivity index (χ4n) is 7.40. The minimum Gasteiger partial charge on any atom is -0.352 e. The molecular formula is C30H48F2O2. The van der Waals surface area contributed by atoms with Crippen LogP contribution in [-0.4, -0.2) is 19.5 Å². The minimum absolute atomic E-state index is 0.00709. The number of hydrogen-bond acceptors (Lipinski definition) is 2. The van der Waals surface area contributed by atoms with Crippen LogP contribution in [0.4, 0.5) is 8.78 Å². The van der Waals surface area contributed by atoms with Crippen LogP contribution in [-0.2, 0) is 9.47 Å². The van der Waals surface area contributed by atoms with Crippen LogP contribution in [0.3, 0.4) is 0 Å². The van der Waals surface area contributed by atoms with Crippen molar-refractivity contribution in [3.63, 3.8) is 0 Å². The largest absolute Gasteiger partial charge is 0.352 e. The SMILES string of the molecule is C/C=C\CC1CCC(CCC2COC(C3CCC(C4CCC(C=C(F)F)CC4)CC3)OC2)CC1. The van der Waals surface area contributed by atoms with Gasteiger partial charge < -0.3 is 9.47 Å². The van der Waals surface area contributed by atoms with Gasteiger partial charge in [-0.15, -0.1) is 0 Å². The molecule has 0 atom stereocenters. The molecule has 34 heavy (non-hydrogen) atoms. The van der Waals surface area contributed by atoms with Crippen molar-refractivity contribution in [2.75, 3.05) is 13.2 Å². The lowest BCUT2D eigenvalue weighted by Gasteiger charge is -2.41. The van der Waals surface area contributed by atoms with Gasteiger partial charge in [0.05, 0.1) is 13.2 Å². The first-order valence-corrected chi connectivity index (χ1v) is 14.5. The van der Waals surface area contributed by atoms with Crippen molar-refractivity contribution >= 4 is 0 Å². The van der Waals surface area contributed by atoms with E-state index < -0.39 is 6.08 Å². The summed E-state index contributed by atoms with van der Waals surface area (Å²) < 4.78 is 37.6. The standard InChI is InChI=1S/C30H48F2O2/c1-2-3-4-22-5-7-23(8-6-22)9-10-25-20-33-30(34-21-25)28-17-15-27(16-18-28)26-13-11-24(12-14-26)19-29(31)32/h2-3,19,22-28,30H,4-18,20-21H2,1H3/b3-2-. The number of halogens is 2.